The number of carbonyl (C=O) groups excluding carboxylic acids is 4. The molecule has 3 aliphatic rings. The fraction of sp³-hybridized carbons (Fsp3) is 0.512. The number of allylic oxidation sites excluding steroid dienone is 1. The van der Waals surface area contributed by atoms with E-state index in [1.54, 1.807) is 29.2 Å². The molecule has 3 saturated heterocycles. The molecule has 2 aromatic rings. The number of rotatable bonds is 19. The van der Waals surface area contributed by atoms with E-state index in [0.717, 1.165) is 12.8 Å². The molecule has 3 aliphatic heterocycles. The van der Waals surface area contributed by atoms with Gasteiger partial charge in [0.1, 0.15) is 17.7 Å². The standard InChI is InChI=1S/C41H52BrN3O8/c1-6-9-21-32(47)43-30(25-51-5)35(28-19-14-11-15-20-28)52-40(50)33-34-38(48)45(31(24-46)27-17-12-10-13-18-27)37(41(34)23-29(42)36(33)53-41)39(49)44(22-8-3)26(4)16-7-2/h6,8,10-15,17-20,26,29-31,33-37,46H,1,3,7,9,16,21-25H2,2,4-5H3,(H,43,47)/t26?,29?,30-,31+,33+,34-,35-,36+,37+,41-/m0/s1. The predicted octanol–water partition coefficient (Wildman–Crippen LogP) is 5.05. The molecule has 0 radical (unpaired) electrons. The molecule has 10 atom stereocenters. The summed E-state index contributed by atoms with van der Waals surface area (Å²) in [5, 5.41) is 13.9. The van der Waals surface area contributed by atoms with Gasteiger partial charge in [-0.3, -0.25) is 19.2 Å². The van der Waals surface area contributed by atoms with Crippen LogP contribution in [0.25, 0.3) is 0 Å². The van der Waals surface area contributed by atoms with Crippen LogP contribution in [0.1, 0.15) is 69.2 Å². The fourth-order valence-corrected chi connectivity index (χ4v) is 9.41. The Morgan fingerprint density at radius 3 is 2.36 bits per heavy atom. The van der Waals surface area contributed by atoms with Gasteiger partial charge in [0, 0.05) is 30.9 Å². The molecule has 1 spiro atoms. The number of carbonyl (C=O) groups is 4. The molecular weight excluding hydrogens is 742 g/mol. The highest BCUT2D eigenvalue weighted by Gasteiger charge is 2.78. The van der Waals surface area contributed by atoms with Crippen molar-refractivity contribution in [3.8, 4) is 0 Å². The van der Waals surface area contributed by atoms with Crippen molar-refractivity contribution in [1.29, 1.82) is 0 Å². The maximum absolute atomic E-state index is 15.0. The van der Waals surface area contributed by atoms with Crippen molar-refractivity contribution in [2.75, 3.05) is 26.9 Å². The van der Waals surface area contributed by atoms with Crippen LogP contribution in [0.4, 0.5) is 0 Å². The van der Waals surface area contributed by atoms with Crippen LogP contribution < -0.4 is 5.32 Å². The Morgan fingerprint density at radius 1 is 1.11 bits per heavy atom. The van der Waals surface area contributed by atoms with E-state index in [4.69, 9.17) is 14.2 Å². The van der Waals surface area contributed by atoms with Gasteiger partial charge in [0.05, 0.1) is 43.2 Å². The van der Waals surface area contributed by atoms with E-state index in [-0.39, 0.29) is 48.7 Å². The van der Waals surface area contributed by atoms with E-state index in [0.29, 0.717) is 17.5 Å². The molecule has 11 nitrogen and oxygen atoms in total. The lowest BCUT2D eigenvalue weighted by atomic mass is 9.70. The average molecular weight is 795 g/mol. The van der Waals surface area contributed by atoms with Crippen molar-refractivity contribution in [1.82, 2.24) is 15.1 Å². The number of amides is 3. The largest absolute Gasteiger partial charge is 0.455 e. The second kappa shape index (κ2) is 18.0. The highest BCUT2D eigenvalue weighted by molar-refractivity contribution is 9.09. The minimum absolute atomic E-state index is 0.0410. The van der Waals surface area contributed by atoms with Gasteiger partial charge in [-0.1, -0.05) is 102 Å². The molecule has 5 rings (SSSR count). The molecule has 2 aromatic carbocycles. The molecule has 53 heavy (non-hydrogen) atoms. The Balaban J connectivity index is 1.58. The number of nitrogens with zero attached hydrogens (tertiary/aromatic N) is 2. The lowest BCUT2D eigenvalue weighted by Crippen LogP contribution is -2.58. The van der Waals surface area contributed by atoms with E-state index in [1.807, 2.05) is 62.4 Å². The van der Waals surface area contributed by atoms with Gasteiger partial charge in [0.15, 0.2) is 0 Å². The Bertz CT molecular complexity index is 1610. The molecule has 2 bridgehead atoms. The van der Waals surface area contributed by atoms with Crippen LogP contribution in [0, 0.1) is 11.8 Å². The third-order valence-electron chi connectivity index (χ3n) is 10.8. The Kier molecular flexibility index (Phi) is 13.7. The molecule has 0 saturated carbocycles. The van der Waals surface area contributed by atoms with Gasteiger partial charge in [-0.15, -0.1) is 13.2 Å². The molecule has 286 valence electrons. The lowest BCUT2D eigenvalue weighted by molar-refractivity contribution is -0.163. The number of halogens is 1. The summed E-state index contributed by atoms with van der Waals surface area (Å²) in [6, 6.07) is 15.2. The second-order valence-electron chi connectivity index (χ2n) is 14.2. The first-order chi connectivity index (χ1) is 25.6. The van der Waals surface area contributed by atoms with E-state index in [9.17, 15) is 14.7 Å². The summed E-state index contributed by atoms with van der Waals surface area (Å²) in [5.41, 5.74) is -0.114. The number of esters is 1. The summed E-state index contributed by atoms with van der Waals surface area (Å²) in [7, 11) is 1.50. The van der Waals surface area contributed by atoms with Crippen molar-refractivity contribution in [2.24, 2.45) is 11.8 Å². The zero-order chi connectivity index (χ0) is 38.3. The SMILES string of the molecule is C=CCCC(=O)N[C@@H](COC)[C@@H](OC(=O)[C@H]1[C@@H]2O[C@@]3(CC2Br)[C@@H]1C(=O)N([C@H](CO)c1ccccc1)[C@@H]3C(=O)N(CC=C)C(C)CCC)c1ccccc1. The van der Waals surface area contributed by atoms with Gasteiger partial charge in [0.25, 0.3) is 0 Å². The summed E-state index contributed by atoms with van der Waals surface area (Å²) in [5.74, 6) is -3.90. The summed E-state index contributed by atoms with van der Waals surface area (Å²) in [6.45, 7) is 11.5. The normalized spacial score (nSPS) is 26.6. The number of aliphatic hydroxyl groups is 1. The van der Waals surface area contributed by atoms with Crippen molar-refractivity contribution < 1.29 is 38.5 Å². The van der Waals surface area contributed by atoms with Gasteiger partial charge in [0.2, 0.25) is 17.7 Å². The van der Waals surface area contributed by atoms with Gasteiger partial charge in [-0.2, -0.15) is 0 Å². The molecule has 2 unspecified atom stereocenters. The molecule has 3 heterocycles. The second-order valence-corrected chi connectivity index (χ2v) is 15.3. The first kappa shape index (κ1) is 40.3. The Hall–Kier alpha value is -3.84. The summed E-state index contributed by atoms with van der Waals surface area (Å²) >= 11 is 3.76. The Labute approximate surface area is 320 Å². The molecule has 0 aliphatic carbocycles. The average Bonchev–Trinajstić information content (AvgIpc) is 3.76. The fourth-order valence-electron chi connectivity index (χ4n) is 8.46. The van der Waals surface area contributed by atoms with E-state index >= 15 is 9.59 Å². The molecule has 2 N–H and O–H groups in total. The van der Waals surface area contributed by atoms with Gasteiger partial charge < -0.3 is 34.4 Å². The van der Waals surface area contributed by atoms with Crippen LogP contribution in [0.15, 0.2) is 86.0 Å². The summed E-state index contributed by atoms with van der Waals surface area (Å²) in [4.78, 5) is 60.5. The van der Waals surface area contributed by atoms with Gasteiger partial charge >= 0.3 is 5.97 Å². The molecule has 0 aromatic heterocycles. The lowest BCUT2D eigenvalue weighted by Gasteiger charge is -2.41. The van der Waals surface area contributed by atoms with Crippen LogP contribution in [-0.2, 0) is 33.4 Å². The van der Waals surface area contributed by atoms with Crippen molar-refractivity contribution in [2.45, 2.75) is 92.8 Å². The third-order valence-corrected chi connectivity index (χ3v) is 11.6. The number of aliphatic hydroxyl groups excluding tert-OH is 1. The van der Waals surface area contributed by atoms with Crippen LogP contribution >= 0.6 is 15.9 Å². The van der Waals surface area contributed by atoms with Crippen LogP contribution in [0.2, 0.25) is 0 Å². The van der Waals surface area contributed by atoms with Crippen LogP contribution in [0.3, 0.4) is 0 Å². The topological polar surface area (TPSA) is 135 Å². The minimum atomic E-state index is -1.39. The number of benzene rings is 2. The first-order valence-electron chi connectivity index (χ1n) is 18.4. The van der Waals surface area contributed by atoms with Gasteiger partial charge in [-0.05, 0) is 37.3 Å². The Morgan fingerprint density at radius 2 is 1.77 bits per heavy atom. The molecular formula is C41H52BrN3O8. The van der Waals surface area contributed by atoms with Crippen molar-refractivity contribution in [3.05, 3.63) is 97.1 Å². The zero-order valence-electron chi connectivity index (χ0n) is 30.8. The highest BCUT2D eigenvalue weighted by Crippen LogP contribution is 2.61. The molecule has 3 fully saturated rings. The zero-order valence-corrected chi connectivity index (χ0v) is 32.4. The number of likely N-dealkylation sites (tertiary alicyclic amines) is 1. The number of alkyl halides is 1. The number of ether oxygens (including phenoxy) is 3. The number of hydrogen-bond acceptors (Lipinski definition) is 8. The summed E-state index contributed by atoms with van der Waals surface area (Å²) in [6.07, 6.45) is 4.08. The van der Waals surface area contributed by atoms with Gasteiger partial charge in [-0.25, -0.2) is 0 Å². The van der Waals surface area contributed by atoms with Crippen LogP contribution in [0.5, 0.6) is 0 Å². The van der Waals surface area contributed by atoms with E-state index in [2.05, 4.69) is 34.4 Å². The number of hydrogen-bond donors (Lipinski definition) is 2. The number of methoxy groups -OCH3 is 1. The number of fused-ring (bicyclic) bond motifs is 1. The molecule has 3 amide bonds. The third kappa shape index (κ3) is 8.01. The maximum atomic E-state index is 15.0. The highest BCUT2D eigenvalue weighted by atomic mass is 79.9. The quantitative estimate of drug-likeness (QED) is 0.115. The van der Waals surface area contributed by atoms with E-state index in [1.165, 1.54) is 12.0 Å². The molecule has 12 heteroatoms. The predicted molar refractivity (Wildman–Crippen MR) is 204 cm³/mol. The minimum Gasteiger partial charge on any atom is -0.455 e. The number of nitrogens with one attached hydrogen (secondary N) is 1. The first-order valence-corrected chi connectivity index (χ1v) is 19.4. The monoisotopic (exact) mass is 793 g/mol. The summed E-state index contributed by atoms with van der Waals surface area (Å²) < 4.78 is 18.7. The van der Waals surface area contributed by atoms with E-state index < -0.39 is 66.3 Å². The van der Waals surface area contributed by atoms with Crippen LogP contribution in [-0.4, -0.2) is 100 Å². The van der Waals surface area contributed by atoms with Crippen molar-refractivity contribution >= 4 is 39.6 Å². The smallest absolute Gasteiger partial charge is 0.313 e. The van der Waals surface area contributed by atoms with Crippen molar-refractivity contribution in [3.63, 3.8) is 0 Å². The maximum Gasteiger partial charge on any atom is 0.313 e.